The molecule has 3 aromatic rings. The Labute approximate surface area is 126 Å². The van der Waals surface area contributed by atoms with Crippen LogP contribution < -0.4 is 5.56 Å². The van der Waals surface area contributed by atoms with Gasteiger partial charge in [-0.3, -0.25) is 9.78 Å². The molecule has 0 bridgehead atoms. The number of aromatic amines is 1. The predicted octanol–water partition coefficient (Wildman–Crippen LogP) is 2.08. The van der Waals surface area contributed by atoms with Crippen molar-refractivity contribution in [2.45, 2.75) is 20.3 Å². The summed E-state index contributed by atoms with van der Waals surface area (Å²) in [6.07, 6.45) is 5.45. The summed E-state index contributed by atoms with van der Waals surface area (Å²) in [5, 5.41) is 3.88. The van der Waals surface area contributed by atoms with E-state index in [0.717, 1.165) is 12.1 Å². The molecule has 0 spiro atoms. The Morgan fingerprint density at radius 2 is 2.14 bits per heavy atom. The van der Waals surface area contributed by atoms with Crippen LogP contribution in [0.2, 0.25) is 0 Å². The zero-order chi connectivity index (χ0) is 15.5. The lowest BCUT2D eigenvalue weighted by Crippen LogP contribution is -2.10. The van der Waals surface area contributed by atoms with Gasteiger partial charge < -0.3 is 9.51 Å². The molecule has 0 aliphatic heterocycles. The van der Waals surface area contributed by atoms with Crippen LogP contribution in [0.15, 0.2) is 40.0 Å². The minimum absolute atomic E-state index is 0.188. The van der Waals surface area contributed by atoms with E-state index in [1.54, 1.807) is 18.6 Å². The molecule has 7 heteroatoms. The van der Waals surface area contributed by atoms with Crippen LogP contribution in [0, 0.1) is 5.92 Å². The summed E-state index contributed by atoms with van der Waals surface area (Å²) in [4.78, 5) is 27.0. The Morgan fingerprint density at radius 1 is 1.27 bits per heavy atom. The minimum atomic E-state index is -0.188. The highest BCUT2D eigenvalue weighted by Crippen LogP contribution is 2.20. The van der Waals surface area contributed by atoms with Crippen molar-refractivity contribution in [1.29, 1.82) is 0 Å². The SMILES string of the molecule is CC(C)Cc1cc(-c2nc(-c3cnccn3)no2)cc(=O)[nH]1. The lowest BCUT2D eigenvalue weighted by Gasteiger charge is -2.05. The van der Waals surface area contributed by atoms with Crippen LogP contribution >= 0.6 is 0 Å². The molecule has 0 saturated carbocycles. The number of hydrogen-bond donors (Lipinski definition) is 1. The van der Waals surface area contributed by atoms with Crippen molar-refractivity contribution in [2.75, 3.05) is 0 Å². The van der Waals surface area contributed by atoms with Gasteiger partial charge in [0.05, 0.1) is 6.20 Å². The van der Waals surface area contributed by atoms with Crippen LogP contribution in [-0.4, -0.2) is 25.1 Å². The summed E-state index contributed by atoms with van der Waals surface area (Å²) in [6.45, 7) is 4.17. The molecule has 0 saturated heterocycles. The second-order valence-corrected chi connectivity index (χ2v) is 5.37. The summed E-state index contributed by atoms with van der Waals surface area (Å²) in [7, 11) is 0. The first-order valence-corrected chi connectivity index (χ1v) is 6.95. The maximum Gasteiger partial charge on any atom is 0.258 e. The summed E-state index contributed by atoms with van der Waals surface area (Å²) in [5.74, 6) is 1.06. The third-order valence-electron chi connectivity index (χ3n) is 2.99. The topological polar surface area (TPSA) is 97.6 Å². The highest BCUT2D eigenvalue weighted by Gasteiger charge is 2.13. The molecule has 0 aromatic carbocycles. The molecule has 0 aliphatic carbocycles. The highest BCUT2D eigenvalue weighted by atomic mass is 16.5. The van der Waals surface area contributed by atoms with Crippen molar-refractivity contribution in [3.63, 3.8) is 0 Å². The zero-order valence-electron chi connectivity index (χ0n) is 12.3. The zero-order valence-corrected chi connectivity index (χ0v) is 12.3. The Kier molecular flexibility index (Phi) is 3.78. The number of nitrogens with one attached hydrogen (secondary N) is 1. The monoisotopic (exact) mass is 297 g/mol. The molecule has 3 heterocycles. The van der Waals surface area contributed by atoms with Crippen molar-refractivity contribution in [3.8, 4) is 23.0 Å². The van der Waals surface area contributed by atoms with Gasteiger partial charge >= 0.3 is 0 Å². The van der Waals surface area contributed by atoms with Crippen LogP contribution in [0.25, 0.3) is 23.0 Å². The summed E-state index contributed by atoms with van der Waals surface area (Å²) in [6, 6.07) is 3.30. The van der Waals surface area contributed by atoms with Gasteiger partial charge in [-0.25, -0.2) is 4.98 Å². The lowest BCUT2D eigenvalue weighted by molar-refractivity contribution is 0.432. The first-order valence-electron chi connectivity index (χ1n) is 6.95. The molecular weight excluding hydrogens is 282 g/mol. The summed E-state index contributed by atoms with van der Waals surface area (Å²) >= 11 is 0. The average Bonchev–Trinajstić information content (AvgIpc) is 2.96. The Bertz CT molecular complexity index is 823. The van der Waals surface area contributed by atoms with Gasteiger partial charge in [-0.05, 0) is 18.4 Å². The third kappa shape index (κ3) is 3.08. The lowest BCUT2D eigenvalue weighted by atomic mass is 10.1. The van der Waals surface area contributed by atoms with E-state index in [9.17, 15) is 4.79 Å². The molecule has 0 amide bonds. The fraction of sp³-hybridized carbons (Fsp3) is 0.267. The van der Waals surface area contributed by atoms with E-state index in [-0.39, 0.29) is 11.4 Å². The standard InChI is InChI=1S/C15H15N5O2/c1-9(2)5-11-6-10(7-13(21)18-11)15-19-14(20-22-15)12-8-16-3-4-17-12/h3-4,6-9H,5H2,1-2H3,(H,18,21). The molecule has 22 heavy (non-hydrogen) atoms. The Hall–Kier alpha value is -2.83. The maximum absolute atomic E-state index is 11.8. The van der Waals surface area contributed by atoms with E-state index in [0.29, 0.717) is 23.0 Å². The molecule has 1 N–H and O–H groups in total. The van der Waals surface area contributed by atoms with Crippen LogP contribution in [0.3, 0.4) is 0 Å². The van der Waals surface area contributed by atoms with Gasteiger partial charge in [0.2, 0.25) is 11.4 Å². The summed E-state index contributed by atoms with van der Waals surface area (Å²) < 4.78 is 5.24. The first-order chi connectivity index (χ1) is 10.6. The largest absolute Gasteiger partial charge is 0.334 e. The van der Waals surface area contributed by atoms with E-state index in [1.165, 1.54) is 6.07 Å². The average molecular weight is 297 g/mol. The van der Waals surface area contributed by atoms with Crippen molar-refractivity contribution in [2.24, 2.45) is 5.92 Å². The number of nitrogens with zero attached hydrogens (tertiary/aromatic N) is 4. The van der Waals surface area contributed by atoms with Crippen molar-refractivity contribution in [1.82, 2.24) is 25.1 Å². The van der Waals surface area contributed by atoms with Gasteiger partial charge in [-0.1, -0.05) is 19.0 Å². The van der Waals surface area contributed by atoms with Crippen LogP contribution in [0.1, 0.15) is 19.5 Å². The summed E-state index contributed by atoms with van der Waals surface area (Å²) in [5.41, 5.74) is 1.77. The first kappa shape index (κ1) is 14.1. The smallest absolute Gasteiger partial charge is 0.258 e. The van der Waals surface area contributed by atoms with E-state index in [2.05, 4.69) is 38.9 Å². The van der Waals surface area contributed by atoms with Crippen LogP contribution in [0.4, 0.5) is 0 Å². The van der Waals surface area contributed by atoms with E-state index >= 15 is 0 Å². The van der Waals surface area contributed by atoms with Gasteiger partial charge in [0.15, 0.2) is 0 Å². The minimum Gasteiger partial charge on any atom is -0.334 e. The van der Waals surface area contributed by atoms with E-state index in [1.807, 2.05) is 6.07 Å². The number of pyridine rings is 1. The quantitative estimate of drug-likeness (QED) is 0.791. The molecule has 0 unspecified atom stereocenters. The molecule has 0 fully saturated rings. The molecule has 0 radical (unpaired) electrons. The fourth-order valence-electron chi connectivity index (χ4n) is 2.13. The number of H-pyrrole nitrogens is 1. The van der Waals surface area contributed by atoms with Crippen molar-refractivity contribution < 1.29 is 4.52 Å². The molecule has 0 aliphatic rings. The van der Waals surface area contributed by atoms with Gasteiger partial charge in [0, 0.05) is 29.7 Å². The molecular formula is C15H15N5O2. The van der Waals surface area contributed by atoms with Crippen LogP contribution in [-0.2, 0) is 6.42 Å². The second-order valence-electron chi connectivity index (χ2n) is 5.37. The number of rotatable bonds is 4. The maximum atomic E-state index is 11.8. The van der Waals surface area contributed by atoms with Gasteiger partial charge in [-0.15, -0.1) is 0 Å². The van der Waals surface area contributed by atoms with Crippen molar-refractivity contribution >= 4 is 0 Å². The second kappa shape index (κ2) is 5.88. The highest BCUT2D eigenvalue weighted by molar-refractivity contribution is 5.56. The Morgan fingerprint density at radius 3 is 2.86 bits per heavy atom. The molecule has 3 rings (SSSR count). The Balaban J connectivity index is 1.96. The van der Waals surface area contributed by atoms with E-state index < -0.39 is 0 Å². The number of aromatic nitrogens is 5. The fourth-order valence-corrected chi connectivity index (χ4v) is 2.13. The molecule has 0 atom stereocenters. The molecule has 3 aromatic heterocycles. The third-order valence-corrected chi connectivity index (χ3v) is 2.99. The molecule has 112 valence electrons. The van der Waals surface area contributed by atoms with Gasteiger partial charge in [0.1, 0.15) is 5.69 Å². The predicted molar refractivity (Wildman–Crippen MR) is 79.9 cm³/mol. The van der Waals surface area contributed by atoms with Crippen LogP contribution in [0.5, 0.6) is 0 Å². The number of hydrogen-bond acceptors (Lipinski definition) is 6. The van der Waals surface area contributed by atoms with E-state index in [4.69, 9.17) is 4.52 Å². The normalized spacial score (nSPS) is 11.0. The van der Waals surface area contributed by atoms with Gasteiger partial charge in [-0.2, -0.15) is 4.98 Å². The molecule has 7 nitrogen and oxygen atoms in total. The van der Waals surface area contributed by atoms with Crippen molar-refractivity contribution in [3.05, 3.63) is 46.8 Å². The van der Waals surface area contributed by atoms with Gasteiger partial charge in [0.25, 0.3) is 5.89 Å².